The van der Waals surface area contributed by atoms with Gasteiger partial charge in [-0.2, -0.15) is 0 Å². The van der Waals surface area contributed by atoms with Crippen LogP contribution in [0.4, 0.5) is 0 Å². The number of carbonyl (C=O) groups excluding carboxylic acids is 1. The summed E-state index contributed by atoms with van der Waals surface area (Å²) < 4.78 is 0. The minimum atomic E-state index is -0.247. The maximum atomic E-state index is 11.3. The smallest absolute Gasteiger partial charge is 0.171 e. The van der Waals surface area contributed by atoms with Gasteiger partial charge < -0.3 is 10.2 Å². The average Bonchev–Trinajstić information content (AvgIpc) is 2.15. The van der Waals surface area contributed by atoms with Crippen LogP contribution >= 0.6 is 0 Å². The first-order valence-corrected chi connectivity index (χ1v) is 3.94. The normalized spacial score (nSPS) is 15.8. The molecule has 0 atom stereocenters. The summed E-state index contributed by atoms with van der Waals surface area (Å²) in [6, 6.07) is 6.69. The van der Waals surface area contributed by atoms with Crippen LogP contribution in [0, 0.1) is 0 Å². The third-order valence-electron chi connectivity index (χ3n) is 2.08. The van der Waals surface area contributed by atoms with Gasteiger partial charge in [-0.15, -0.1) is 0 Å². The molecule has 2 rings (SSSR count). The van der Waals surface area contributed by atoms with Crippen LogP contribution in [-0.2, 0) is 0 Å². The molecule has 2 N–H and O–H groups in total. The molecule has 0 saturated heterocycles. The van der Waals surface area contributed by atoms with E-state index in [1.54, 1.807) is 24.3 Å². The van der Waals surface area contributed by atoms with Gasteiger partial charge in [0.2, 0.25) is 0 Å². The molecule has 0 amide bonds. The van der Waals surface area contributed by atoms with E-state index in [9.17, 15) is 15.0 Å². The zero-order chi connectivity index (χ0) is 9.42. The number of allylic oxidation sites excluding steroid dienone is 1. The SMILES string of the molecule is O=C1CC(O)=C(O)c2ccccc21. The molecule has 1 aliphatic carbocycles. The Morgan fingerprint density at radius 2 is 1.69 bits per heavy atom. The van der Waals surface area contributed by atoms with E-state index < -0.39 is 0 Å². The van der Waals surface area contributed by atoms with Crippen molar-refractivity contribution in [1.82, 2.24) is 0 Å². The zero-order valence-electron chi connectivity index (χ0n) is 6.82. The third kappa shape index (κ3) is 1.09. The van der Waals surface area contributed by atoms with Gasteiger partial charge in [-0.3, -0.25) is 4.79 Å². The van der Waals surface area contributed by atoms with Crippen LogP contribution in [0.25, 0.3) is 5.76 Å². The van der Waals surface area contributed by atoms with Gasteiger partial charge in [-0.05, 0) is 0 Å². The van der Waals surface area contributed by atoms with Gasteiger partial charge in [-0.25, -0.2) is 0 Å². The molecule has 1 aliphatic rings. The molecule has 0 unspecified atom stereocenters. The van der Waals surface area contributed by atoms with Crippen LogP contribution in [0.15, 0.2) is 30.0 Å². The second-order valence-corrected chi connectivity index (χ2v) is 2.94. The third-order valence-corrected chi connectivity index (χ3v) is 2.08. The standard InChI is InChI=1S/C10H8O3/c11-8-5-9(12)10(13)7-4-2-1-3-6(7)8/h1-4,12-13H,5H2. The Bertz CT molecular complexity index is 404. The highest BCUT2D eigenvalue weighted by Crippen LogP contribution is 2.27. The van der Waals surface area contributed by atoms with Crippen molar-refractivity contribution in [2.45, 2.75) is 6.42 Å². The summed E-state index contributed by atoms with van der Waals surface area (Å²) in [7, 11) is 0. The first-order valence-electron chi connectivity index (χ1n) is 3.94. The number of hydrogen-bond donors (Lipinski definition) is 2. The molecule has 0 radical (unpaired) electrons. The molecule has 0 bridgehead atoms. The Hall–Kier alpha value is -1.77. The fourth-order valence-electron chi connectivity index (χ4n) is 1.42. The Morgan fingerprint density at radius 1 is 1.08 bits per heavy atom. The van der Waals surface area contributed by atoms with Crippen LogP contribution in [0.5, 0.6) is 0 Å². The highest BCUT2D eigenvalue weighted by molar-refractivity contribution is 6.04. The summed E-state index contributed by atoms with van der Waals surface area (Å²) in [4.78, 5) is 11.3. The fourth-order valence-corrected chi connectivity index (χ4v) is 1.42. The second-order valence-electron chi connectivity index (χ2n) is 2.94. The van der Waals surface area contributed by atoms with Crippen LogP contribution < -0.4 is 0 Å². The maximum Gasteiger partial charge on any atom is 0.171 e. The number of rotatable bonds is 0. The average molecular weight is 176 g/mol. The first-order chi connectivity index (χ1) is 6.20. The van der Waals surface area contributed by atoms with E-state index >= 15 is 0 Å². The van der Waals surface area contributed by atoms with Crippen molar-refractivity contribution in [3.8, 4) is 0 Å². The summed E-state index contributed by atoms with van der Waals surface area (Å²) in [5.74, 6) is -0.593. The quantitative estimate of drug-likeness (QED) is 0.636. The van der Waals surface area contributed by atoms with Crippen molar-refractivity contribution < 1.29 is 15.0 Å². The molecule has 0 fully saturated rings. The van der Waals surface area contributed by atoms with Crippen molar-refractivity contribution >= 4 is 11.5 Å². The molecule has 1 aromatic carbocycles. The van der Waals surface area contributed by atoms with Gasteiger partial charge in [0.1, 0.15) is 5.76 Å². The number of aliphatic hydroxyl groups is 2. The van der Waals surface area contributed by atoms with E-state index in [2.05, 4.69) is 0 Å². The Labute approximate surface area is 74.9 Å². The molecular formula is C10H8O3. The molecule has 0 aliphatic heterocycles. The second kappa shape index (κ2) is 2.62. The first kappa shape index (κ1) is 7.86. The lowest BCUT2D eigenvalue weighted by atomic mass is 9.94. The van der Waals surface area contributed by atoms with Crippen LogP contribution in [-0.4, -0.2) is 16.0 Å². The van der Waals surface area contributed by atoms with E-state index in [1.807, 2.05) is 0 Å². The summed E-state index contributed by atoms with van der Waals surface area (Å²) in [6.45, 7) is 0. The molecule has 0 saturated carbocycles. The topological polar surface area (TPSA) is 57.5 Å². The van der Waals surface area contributed by atoms with E-state index in [-0.39, 0.29) is 23.7 Å². The maximum absolute atomic E-state index is 11.3. The number of aliphatic hydroxyl groups excluding tert-OH is 2. The lowest BCUT2D eigenvalue weighted by Gasteiger charge is -2.14. The molecule has 1 aromatic rings. The predicted molar refractivity (Wildman–Crippen MR) is 47.6 cm³/mol. The number of hydrogen-bond acceptors (Lipinski definition) is 3. The number of Topliss-reactive ketones (excluding diaryl/α,β-unsaturated/α-hetero) is 1. The number of fused-ring (bicyclic) bond motifs is 1. The molecule has 0 spiro atoms. The van der Waals surface area contributed by atoms with Crippen molar-refractivity contribution in [3.05, 3.63) is 41.2 Å². The van der Waals surface area contributed by atoms with Gasteiger partial charge in [0, 0.05) is 11.1 Å². The summed E-state index contributed by atoms with van der Waals surface area (Å²) in [6.07, 6.45) is -0.108. The Kier molecular flexibility index (Phi) is 1.59. The van der Waals surface area contributed by atoms with Gasteiger partial charge in [-0.1, -0.05) is 24.3 Å². The van der Waals surface area contributed by atoms with Crippen molar-refractivity contribution in [1.29, 1.82) is 0 Å². The largest absolute Gasteiger partial charge is 0.508 e. The monoisotopic (exact) mass is 176 g/mol. The number of benzene rings is 1. The molecular weight excluding hydrogens is 168 g/mol. The number of carbonyl (C=O) groups is 1. The van der Waals surface area contributed by atoms with Gasteiger partial charge in [0.15, 0.2) is 11.5 Å². The van der Waals surface area contributed by atoms with Crippen molar-refractivity contribution in [2.75, 3.05) is 0 Å². The molecule has 0 heterocycles. The van der Waals surface area contributed by atoms with Crippen LogP contribution in [0.2, 0.25) is 0 Å². The summed E-state index contributed by atoms with van der Waals surface area (Å²) >= 11 is 0. The molecule has 3 heteroatoms. The number of ketones is 1. The van der Waals surface area contributed by atoms with Gasteiger partial charge in [0.05, 0.1) is 6.42 Å². The van der Waals surface area contributed by atoms with Crippen LogP contribution in [0.1, 0.15) is 22.3 Å². The Morgan fingerprint density at radius 3 is 2.38 bits per heavy atom. The predicted octanol–water partition coefficient (Wildman–Crippen LogP) is 2.06. The minimum absolute atomic E-state index is 0.108. The van der Waals surface area contributed by atoms with E-state index in [0.717, 1.165) is 0 Å². The van der Waals surface area contributed by atoms with E-state index in [0.29, 0.717) is 11.1 Å². The van der Waals surface area contributed by atoms with Crippen LogP contribution in [0.3, 0.4) is 0 Å². The van der Waals surface area contributed by atoms with Crippen molar-refractivity contribution in [2.24, 2.45) is 0 Å². The summed E-state index contributed by atoms with van der Waals surface area (Å²) in [5, 5.41) is 18.6. The molecule has 3 nitrogen and oxygen atoms in total. The highest BCUT2D eigenvalue weighted by Gasteiger charge is 2.23. The van der Waals surface area contributed by atoms with Gasteiger partial charge in [0.25, 0.3) is 0 Å². The van der Waals surface area contributed by atoms with Crippen molar-refractivity contribution in [3.63, 3.8) is 0 Å². The fraction of sp³-hybridized carbons (Fsp3) is 0.100. The molecule has 13 heavy (non-hydrogen) atoms. The highest BCUT2D eigenvalue weighted by atomic mass is 16.3. The molecule has 66 valence electrons. The zero-order valence-corrected chi connectivity index (χ0v) is 6.82. The molecule has 0 aromatic heterocycles. The van der Waals surface area contributed by atoms with E-state index in [4.69, 9.17) is 0 Å². The lowest BCUT2D eigenvalue weighted by molar-refractivity contribution is 0.0974. The minimum Gasteiger partial charge on any atom is -0.508 e. The summed E-state index contributed by atoms with van der Waals surface area (Å²) in [5.41, 5.74) is 0.883. The van der Waals surface area contributed by atoms with Gasteiger partial charge >= 0.3 is 0 Å². The Balaban J connectivity index is 2.69. The van der Waals surface area contributed by atoms with E-state index in [1.165, 1.54) is 0 Å². The lowest BCUT2D eigenvalue weighted by Crippen LogP contribution is -2.11.